The van der Waals surface area contributed by atoms with E-state index in [0.29, 0.717) is 44.6 Å². The van der Waals surface area contributed by atoms with E-state index >= 15 is 0 Å². The largest absolute Gasteiger partial charge is 0.497 e. The Bertz CT molecular complexity index is 1320. The molecular formula is C31H41N3O7S. The number of amides is 1. The van der Waals surface area contributed by atoms with Crippen LogP contribution in [-0.2, 0) is 25.9 Å². The first-order valence-electron chi connectivity index (χ1n) is 14.4. The molecule has 0 bridgehead atoms. The molecule has 1 heterocycles. The predicted molar refractivity (Wildman–Crippen MR) is 156 cm³/mol. The standard InChI is InChI=1S/C31H41N3O7S/c1-30(31(18-8-19-32)16-6-7-17-31,34-42(37,38)26-13-11-24(39-2)12-14-26)28(35)27(21-23-9-4-3-5-10-23)33-29(36)41-25-15-20-40-22-25/h3-5,9-14,25,27-28,34-35H,6-8,15-18,20-22H2,1-2H3,(H,33,36)/t25-,27-,28+,30?/m0/s1. The average molecular weight is 600 g/mol. The molecule has 1 aliphatic carbocycles. The summed E-state index contributed by atoms with van der Waals surface area (Å²) in [6.07, 6.45) is 1.83. The monoisotopic (exact) mass is 599 g/mol. The van der Waals surface area contributed by atoms with Crippen LogP contribution in [0.2, 0.25) is 0 Å². The number of nitriles is 1. The number of hydrogen-bond donors (Lipinski definition) is 3. The molecule has 2 aromatic rings. The minimum atomic E-state index is -4.15. The van der Waals surface area contributed by atoms with Gasteiger partial charge in [0.1, 0.15) is 11.9 Å². The molecule has 1 saturated heterocycles. The third-order valence-electron chi connectivity index (χ3n) is 8.83. The van der Waals surface area contributed by atoms with Gasteiger partial charge in [-0.25, -0.2) is 17.9 Å². The summed E-state index contributed by atoms with van der Waals surface area (Å²) in [6.45, 7) is 2.51. The number of carbonyl (C=O) groups is 1. The number of ether oxygens (including phenoxy) is 3. The topological polar surface area (TPSA) is 147 Å². The van der Waals surface area contributed by atoms with Crippen LogP contribution in [0.4, 0.5) is 4.79 Å². The van der Waals surface area contributed by atoms with Gasteiger partial charge < -0.3 is 24.6 Å². The van der Waals surface area contributed by atoms with E-state index in [-0.39, 0.29) is 17.7 Å². The highest BCUT2D eigenvalue weighted by Crippen LogP contribution is 2.52. The molecule has 11 heteroatoms. The predicted octanol–water partition coefficient (Wildman–Crippen LogP) is 4.08. The summed E-state index contributed by atoms with van der Waals surface area (Å²) in [5.74, 6) is 0.510. The Kier molecular flexibility index (Phi) is 10.5. The van der Waals surface area contributed by atoms with Gasteiger partial charge in [0, 0.05) is 12.8 Å². The van der Waals surface area contributed by atoms with Crippen molar-refractivity contribution in [2.75, 3.05) is 20.3 Å². The number of nitrogens with one attached hydrogen (secondary N) is 2. The lowest BCUT2D eigenvalue weighted by Crippen LogP contribution is -2.69. The molecule has 0 spiro atoms. The first kappa shape index (κ1) is 31.8. The zero-order valence-electron chi connectivity index (χ0n) is 24.3. The quantitative estimate of drug-likeness (QED) is 0.312. The maximum absolute atomic E-state index is 13.9. The third kappa shape index (κ3) is 7.24. The molecule has 3 N–H and O–H groups in total. The molecule has 4 rings (SSSR count). The Morgan fingerprint density at radius 2 is 1.88 bits per heavy atom. The van der Waals surface area contributed by atoms with Crippen molar-refractivity contribution in [1.29, 1.82) is 5.26 Å². The van der Waals surface area contributed by atoms with Gasteiger partial charge in [0.05, 0.1) is 49.0 Å². The minimum Gasteiger partial charge on any atom is -0.497 e. The molecule has 4 atom stereocenters. The highest BCUT2D eigenvalue weighted by Gasteiger charge is 2.57. The van der Waals surface area contributed by atoms with E-state index in [9.17, 15) is 23.6 Å². The summed E-state index contributed by atoms with van der Waals surface area (Å²) in [5, 5.41) is 24.7. The van der Waals surface area contributed by atoms with Crippen LogP contribution in [0, 0.1) is 16.7 Å². The van der Waals surface area contributed by atoms with Crippen LogP contribution in [-0.4, -0.2) is 63.7 Å². The average Bonchev–Trinajstić information content (AvgIpc) is 3.69. The normalized spacial score (nSPS) is 21.0. The molecule has 1 unspecified atom stereocenters. The lowest BCUT2D eigenvalue weighted by atomic mass is 9.62. The molecule has 0 radical (unpaired) electrons. The van der Waals surface area contributed by atoms with Crippen molar-refractivity contribution in [3.8, 4) is 11.8 Å². The highest BCUT2D eigenvalue weighted by molar-refractivity contribution is 7.89. The number of rotatable bonds is 13. The van der Waals surface area contributed by atoms with E-state index in [1.165, 1.54) is 19.2 Å². The van der Waals surface area contributed by atoms with Gasteiger partial charge in [0.15, 0.2) is 0 Å². The van der Waals surface area contributed by atoms with Crippen molar-refractivity contribution in [2.45, 2.75) is 87.0 Å². The van der Waals surface area contributed by atoms with Gasteiger partial charge in [-0.3, -0.25) is 0 Å². The van der Waals surface area contributed by atoms with Crippen molar-refractivity contribution in [3.63, 3.8) is 0 Å². The Hall–Kier alpha value is -3.17. The number of hydrogen-bond acceptors (Lipinski definition) is 8. The molecule has 1 amide bonds. The van der Waals surface area contributed by atoms with Crippen LogP contribution >= 0.6 is 0 Å². The Balaban J connectivity index is 1.73. The van der Waals surface area contributed by atoms with Gasteiger partial charge in [0.25, 0.3) is 0 Å². The third-order valence-corrected chi connectivity index (χ3v) is 10.4. The van der Waals surface area contributed by atoms with Crippen molar-refractivity contribution in [2.24, 2.45) is 5.41 Å². The molecule has 42 heavy (non-hydrogen) atoms. The van der Waals surface area contributed by atoms with Gasteiger partial charge in [-0.05, 0) is 67.9 Å². The fraction of sp³-hybridized carbons (Fsp3) is 0.548. The van der Waals surface area contributed by atoms with Crippen LogP contribution in [0.5, 0.6) is 5.75 Å². The number of alkyl carbamates (subject to hydrolysis) is 1. The zero-order chi connectivity index (χ0) is 30.2. The Morgan fingerprint density at radius 1 is 1.19 bits per heavy atom. The Labute approximate surface area is 248 Å². The van der Waals surface area contributed by atoms with E-state index < -0.39 is 45.3 Å². The number of benzene rings is 2. The molecule has 2 aromatic carbocycles. The second-order valence-electron chi connectivity index (χ2n) is 11.4. The van der Waals surface area contributed by atoms with E-state index in [2.05, 4.69) is 16.1 Å². The van der Waals surface area contributed by atoms with Crippen molar-refractivity contribution < 1.29 is 32.5 Å². The van der Waals surface area contributed by atoms with Gasteiger partial charge in [-0.15, -0.1) is 0 Å². The lowest BCUT2D eigenvalue weighted by molar-refractivity contribution is -0.0338. The van der Waals surface area contributed by atoms with E-state index in [4.69, 9.17) is 14.2 Å². The summed E-state index contributed by atoms with van der Waals surface area (Å²) in [5.41, 5.74) is -1.34. The van der Waals surface area contributed by atoms with E-state index in [0.717, 1.165) is 18.4 Å². The van der Waals surface area contributed by atoms with Crippen LogP contribution in [0.3, 0.4) is 0 Å². The maximum Gasteiger partial charge on any atom is 0.407 e. The van der Waals surface area contributed by atoms with Crippen LogP contribution in [0.15, 0.2) is 59.5 Å². The van der Waals surface area contributed by atoms with Gasteiger partial charge in [-0.2, -0.15) is 5.26 Å². The highest BCUT2D eigenvalue weighted by atomic mass is 32.2. The fourth-order valence-electron chi connectivity index (χ4n) is 6.41. The zero-order valence-corrected chi connectivity index (χ0v) is 25.1. The number of aliphatic hydroxyl groups excluding tert-OH is 1. The fourth-order valence-corrected chi connectivity index (χ4v) is 7.91. The molecule has 1 saturated carbocycles. The number of nitrogens with zero attached hydrogens (tertiary/aromatic N) is 1. The second kappa shape index (κ2) is 13.9. The van der Waals surface area contributed by atoms with E-state index in [1.807, 2.05) is 30.3 Å². The van der Waals surface area contributed by atoms with E-state index in [1.54, 1.807) is 19.1 Å². The van der Waals surface area contributed by atoms with Gasteiger partial charge in [0.2, 0.25) is 10.0 Å². The number of methoxy groups -OCH3 is 1. The lowest BCUT2D eigenvalue weighted by Gasteiger charge is -2.51. The molecule has 228 valence electrons. The summed E-state index contributed by atoms with van der Waals surface area (Å²) in [7, 11) is -2.65. The SMILES string of the molecule is COc1ccc(S(=O)(=O)NC(C)([C@H](O)[C@H](Cc2ccccc2)NC(=O)O[C@H]2CCOC2)C2(CCC#N)CCCC2)cc1. The van der Waals surface area contributed by atoms with Crippen LogP contribution in [0.1, 0.15) is 57.4 Å². The van der Waals surface area contributed by atoms with Crippen molar-refractivity contribution in [1.82, 2.24) is 10.0 Å². The van der Waals surface area contributed by atoms with Crippen molar-refractivity contribution >= 4 is 16.1 Å². The van der Waals surface area contributed by atoms with Crippen LogP contribution < -0.4 is 14.8 Å². The maximum atomic E-state index is 13.9. The van der Waals surface area contributed by atoms with Gasteiger partial charge >= 0.3 is 6.09 Å². The molecule has 10 nitrogen and oxygen atoms in total. The Morgan fingerprint density at radius 3 is 2.48 bits per heavy atom. The van der Waals surface area contributed by atoms with Gasteiger partial charge in [-0.1, -0.05) is 43.2 Å². The summed E-state index contributed by atoms with van der Waals surface area (Å²) >= 11 is 0. The number of carbonyl (C=O) groups excluding carboxylic acids is 1. The molecule has 1 aliphatic heterocycles. The molecule has 2 fully saturated rings. The molecule has 0 aromatic heterocycles. The minimum absolute atomic E-state index is 0.0170. The van der Waals surface area contributed by atoms with Crippen LogP contribution in [0.25, 0.3) is 0 Å². The molecule has 2 aliphatic rings. The number of aliphatic hydroxyl groups is 1. The summed E-state index contributed by atoms with van der Waals surface area (Å²) < 4.78 is 46.8. The summed E-state index contributed by atoms with van der Waals surface area (Å²) in [4.78, 5) is 13.1. The first-order chi connectivity index (χ1) is 20.1. The second-order valence-corrected chi connectivity index (χ2v) is 13.1. The first-order valence-corrected chi connectivity index (χ1v) is 15.9. The van der Waals surface area contributed by atoms with Crippen molar-refractivity contribution in [3.05, 3.63) is 60.2 Å². The smallest absolute Gasteiger partial charge is 0.407 e. The number of sulfonamides is 1. The molecular weight excluding hydrogens is 558 g/mol. The summed E-state index contributed by atoms with van der Waals surface area (Å²) in [6, 6.07) is 16.7.